The van der Waals surface area contributed by atoms with Crippen LogP contribution in [0.5, 0.6) is 0 Å². The van der Waals surface area contributed by atoms with Crippen LogP contribution in [0.3, 0.4) is 0 Å². The Morgan fingerprint density at radius 1 is 1.28 bits per heavy atom. The van der Waals surface area contributed by atoms with Crippen LogP contribution in [0.25, 0.3) is 0 Å². The molecule has 0 aromatic carbocycles. The lowest BCUT2D eigenvalue weighted by Crippen LogP contribution is -2.44. The predicted octanol–water partition coefficient (Wildman–Crippen LogP) is 1.50. The molecule has 0 saturated carbocycles. The van der Waals surface area contributed by atoms with E-state index >= 15 is 0 Å². The van der Waals surface area contributed by atoms with Crippen molar-refractivity contribution in [1.29, 1.82) is 0 Å². The van der Waals surface area contributed by atoms with Crippen molar-refractivity contribution in [3.8, 4) is 0 Å². The van der Waals surface area contributed by atoms with Crippen molar-refractivity contribution in [2.75, 3.05) is 44.7 Å². The first kappa shape index (κ1) is 13.3. The van der Waals surface area contributed by atoms with Gasteiger partial charge < -0.3 is 15.1 Å². The third kappa shape index (κ3) is 3.21. The maximum atomic E-state index is 4.60. The van der Waals surface area contributed by atoms with E-state index in [-0.39, 0.29) is 0 Å². The zero-order chi connectivity index (χ0) is 13.0. The van der Waals surface area contributed by atoms with E-state index in [1.54, 1.807) is 0 Å². The van der Waals surface area contributed by atoms with E-state index in [9.17, 15) is 0 Å². The lowest BCUT2D eigenvalue weighted by Gasteiger charge is -2.33. The minimum atomic E-state index is 0.379. The van der Waals surface area contributed by atoms with Crippen molar-refractivity contribution in [2.45, 2.75) is 19.9 Å². The molecule has 1 aromatic heterocycles. The molecule has 1 N–H and O–H groups in total. The number of hydrogen-bond acceptors (Lipinski definition) is 4. The topological polar surface area (TPSA) is 31.4 Å². The molecule has 1 aliphatic heterocycles. The van der Waals surface area contributed by atoms with Gasteiger partial charge in [-0.3, -0.25) is 0 Å². The van der Waals surface area contributed by atoms with Gasteiger partial charge in [-0.1, -0.05) is 13.0 Å². The van der Waals surface area contributed by atoms with Crippen LogP contribution in [0.1, 0.15) is 25.5 Å². The number of rotatable bonds is 4. The van der Waals surface area contributed by atoms with Crippen molar-refractivity contribution in [2.24, 2.45) is 0 Å². The van der Waals surface area contributed by atoms with Crippen LogP contribution in [-0.4, -0.2) is 49.7 Å². The quantitative estimate of drug-likeness (QED) is 0.875. The molecule has 0 spiro atoms. The van der Waals surface area contributed by atoms with E-state index < -0.39 is 0 Å². The molecule has 0 amide bonds. The Hall–Kier alpha value is -1.13. The molecule has 2 rings (SSSR count). The highest BCUT2D eigenvalue weighted by atomic mass is 15.3. The molecule has 18 heavy (non-hydrogen) atoms. The maximum Gasteiger partial charge on any atom is 0.128 e. The number of hydrogen-bond donors (Lipinski definition) is 1. The summed E-state index contributed by atoms with van der Waals surface area (Å²) in [6.07, 6.45) is 2.00. The highest BCUT2D eigenvalue weighted by molar-refractivity contribution is 5.40. The van der Waals surface area contributed by atoms with Gasteiger partial charge in [-0.05, 0) is 32.1 Å². The van der Waals surface area contributed by atoms with Crippen LogP contribution in [0.15, 0.2) is 18.3 Å². The second kappa shape index (κ2) is 6.16. The Kier molecular flexibility index (Phi) is 4.55. The number of aromatic nitrogens is 1. The molecule has 0 aliphatic carbocycles. The summed E-state index contributed by atoms with van der Waals surface area (Å²) >= 11 is 0. The van der Waals surface area contributed by atoms with E-state index in [2.05, 4.69) is 53.1 Å². The number of nitrogens with one attached hydrogen (secondary N) is 1. The molecule has 0 radical (unpaired) electrons. The zero-order valence-corrected chi connectivity index (χ0v) is 11.7. The summed E-state index contributed by atoms with van der Waals surface area (Å²) in [6, 6.07) is 4.71. The van der Waals surface area contributed by atoms with Crippen molar-refractivity contribution in [3.05, 3.63) is 23.9 Å². The van der Waals surface area contributed by atoms with Crippen LogP contribution in [-0.2, 0) is 0 Å². The van der Waals surface area contributed by atoms with Crippen LogP contribution >= 0.6 is 0 Å². The third-order valence-electron chi connectivity index (χ3n) is 3.61. The largest absolute Gasteiger partial charge is 0.354 e. The van der Waals surface area contributed by atoms with Gasteiger partial charge in [0.2, 0.25) is 0 Å². The summed E-state index contributed by atoms with van der Waals surface area (Å²) in [5, 5.41) is 3.41. The summed E-state index contributed by atoms with van der Waals surface area (Å²) in [7, 11) is 2.17. The normalized spacial score (nSPS) is 18.9. The number of piperazine rings is 1. The number of nitrogens with zero attached hydrogens (tertiary/aromatic N) is 3. The molecule has 1 saturated heterocycles. The molecule has 1 unspecified atom stereocenters. The number of likely N-dealkylation sites (N-methyl/N-ethyl adjacent to an activating group) is 1. The maximum absolute atomic E-state index is 4.60. The Bertz CT molecular complexity index is 355. The summed E-state index contributed by atoms with van der Waals surface area (Å²) in [5.74, 6) is 1.11. The second-order valence-electron chi connectivity index (χ2n) is 5.02. The fraction of sp³-hybridized carbons (Fsp3) is 0.643. The fourth-order valence-electron chi connectivity index (χ4n) is 2.30. The molecule has 0 bridgehead atoms. The average Bonchev–Trinajstić information content (AvgIpc) is 2.40. The zero-order valence-electron chi connectivity index (χ0n) is 11.7. The van der Waals surface area contributed by atoms with Crippen LogP contribution in [0, 0.1) is 0 Å². The van der Waals surface area contributed by atoms with Crippen molar-refractivity contribution in [3.63, 3.8) is 0 Å². The number of pyridine rings is 1. The Balaban J connectivity index is 1.99. The van der Waals surface area contributed by atoms with E-state index in [1.807, 2.05) is 6.20 Å². The van der Waals surface area contributed by atoms with Gasteiger partial charge in [0, 0.05) is 38.4 Å². The van der Waals surface area contributed by atoms with E-state index in [0.29, 0.717) is 6.04 Å². The SMILES string of the molecule is CCNC(C)c1ccc(N2CCN(C)CC2)nc1. The van der Waals surface area contributed by atoms with Crippen LogP contribution < -0.4 is 10.2 Å². The molecule has 1 atom stereocenters. The monoisotopic (exact) mass is 248 g/mol. The van der Waals surface area contributed by atoms with Crippen LogP contribution in [0.4, 0.5) is 5.82 Å². The Morgan fingerprint density at radius 2 is 2.00 bits per heavy atom. The molecule has 1 aliphatic rings. The van der Waals surface area contributed by atoms with E-state index in [4.69, 9.17) is 0 Å². The van der Waals surface area contributed by atoms with Crippen molar-refractivity contribution >= 4 is 5.82 Å². The van der Waals surface area contributed by atoms with Gasteiger partial charge >= 0.3 is 0 Å². The molecule has 1 aromatic rings. The average molecular weight is 248 g/mol. The van der Waals surface area contributed by atoms with Gasteiger partial charge in [-0.2, -0.15) is 0 Å². The summed E-state index contributed by atoms with van der Waals surface area (Å²) in [5.41, 5.74) is 1.26. The Labute approximate surface area is 110 Å². The van der Waals surface area contributed by atoms with Gasteiger partial charge in [-0.15, -0.1) is 0 Å². The van der Waals surface area contributed by atoms with Gasteiger partial charge in [0.25, 0.3) is 0 Å². The van der Waals surface area contributed by atoms with Crippen molar-refractivity contribution in [1.82, 2.24) is 15.2 Å². The smallest absolute Gasteiger partial charge is 0.128 e. The highest BCUT2D eigenvalue weighted by Gasteiger charge is 2.15. The summed E-state index contributed by atoms with van der Waals surface area (Å²) in [4.78, 5) is 9.32. The fourth-order valence-corrected chi connectivity index (χ4v) is 2.30. The first-order chi connectivity index (χ1) is 8.70. The molecule has 100 valence electrons. The van der Waals surface area contributed by atoms with Gasteiger partial charge in [0.05, 0.1) is 0 Å². The molecule has 4 heteroatoms. The Morgan fingerprint density at radius 3 is 2.56 bits per heavy atom. The number of anilines is 1. The molecule has 1 fully saturated rings. The highest BCUT2D eigenvalue weighted by Crippen LogP contribution is 2.17. The minimum Gasteiger partial charge on any atom is -0.354 e. The van der Waals surface area contributed by atoms with E-state index in [1.165, 1.54) is 5.56 Å². The molecule has 4 nitrogen and oxygen atoms in total. The third-order valence-corrected chi connectivity index (χ3v) is 3.61. The predicted molar refractivity (Wildman–Crippen MR) is 76.0 cm³/mol. The first-order valence-corrected chi connectivity index (χ1v) is 6.83. The van der Waals surface area contributed by atoms with Gasteiger partial charge in [0.15, 0.2) is 0 Å². The summed E-state index contributed by atoms with van der Waals surface area (Å²) < 4.78 is 0. The van der Waals surface area contributed by atoms with Crippen LogP contribution in [0.2, 0.25) is 0 Å². The minimum absolute atomic E-state index is 0.379. The molecular weight excluding hydrogens is 224 g/mol. The first-order valence-electron chi connectivity index (χ1n) is 6.83. The molecular formula is C14H24N4. The lowest BCUT2D eigenvalue weighted by atomic mass is 10.1. The van der Waals surface area contributed by atoms with Crippen molar-refractivity contribution < 1.29 is 0 Å². The van der Waals surface area contributed by atoms with Gasteiger partial charge in [-0.25, -0.2) is 4.98 Å². The lowest BCUT2D eigenvalue weighted by molar-refractivity contribution is 0.312. The summed E-state index contributed by atoms with van der Waals surface area (Å²) in [6.45, 7) is 9.69. The van der Waals surface area contributed by atoms with Gasteiger partial charge in [0.1, 0.15) is 5.82 Å². The second-order valence-corrected chi connectivity index (χ2v) is 5.02. The molecule has 2 heterocycles. The van der Waals surface area contributed by atoms with E-state index in [0.717, 1.165) is 38.5 Å². The standard InChI is InChI=1S/C14H24N4/c1-4-15-12(2)13-5-6-14(16-11-13)18-9-7-17(3)8-10-18/h5-6,11-12,15H,4,7-10H2,1-3H3.